The van der Waals surface area contributed by atoms with Gasteiger partial charge >= 0.3 is 0 Å². The minimum Gasteiger partial charge on any atom is -0.389 e. The lowest BCUT2D eigenvalue weighted by Crippen LogP contribution is -2.47. The van der Waals surface area contributed by atoms with E-state index in [9.17, 15) is 13.5 Å². The fourth-order valence-corrected chi connectivity index (χ4v) is 2.05. The Balaban J connectivity index is 2.72. The number of aliphatic hydroxyl groups excluding tert-OH is 1. The van der Waals surface area contributed by atoms with Gasteiger partial charge in [-0.3, -0.25) is 0 Å². The topological polar surface area (TPSA) is 78.9 Å². The van der Waals surface area contributed by atoms with Gasteiger partial charge in [0.15, 0.2) is 0 Å². The smallest absolute Gasteiger partial charge is 0.279 e. The molecule has 0 aliphatic carbocycles. The minimum atomic E-state index is -3.47. The molecule has 0 unspecified atom stereocenters. The Morgan fingerprint density at radius 3 is 2.54 bits per heavy atom. The summed E-state index contributed by atoms with van der Waals surface area (Å²) < 4.78 is 30.8. The normalized spacial score (nSPS) is 29.8. The van der Waals surface area contributed by atoms with Gasteiger partial charge in [0.1, 0.15) is 0 Å². The van der Waals surface area contributed by atoms with Crippen molar-refractivity contribution in [3.8, 4) is 0 Å². The molecular formula is C6H14N2O4S. The second-order valence-electron chi connectivity index (χ2n) is 2.90. The number of hydrogen-bond donors (Lipinski definition) is 2. The Bertz CT molecular complexity index is 266. The van der Waals surface area contributed by atoms with E-state index in [2.05, 4.69) is 4.72 Å². The molecule has 0 saturated carbocycles. The van der Waals surface area contributed by atoms with Gasteiger partial charge in [-0.1, -0.05) is 0 Å². The molecule has 0 spiro atoms. The number of nitrogens with one attached hydrogen (secondary N) is 1. The van der Waals surface area contributed by atoms with E-state index >= 15 is 0 Å². The third-order valence-corrected chi connectivity index (χ3v) is 3.67. The number of nitrogens with zero attached hydrogens (tertiary/aromatic N) is 1. The summed E-state index contributed by atoms with van der Waals surface area (Å²) in [6, 6.07) is -0.488. The first-order chi connectivity index (χ1) is 5.99. The molecule has 0 aromatic heterocycles. The second kappa shape index (κ2) is 3.89. The van der Waals surface area contributed by atoms with Crippen molar-refractivity contribution in [2.45, 2.75) is 12.1 Å². The van der Waals surface area contributed by atoms with E-state index in [4.69, 9.17) is 4.74 Å². The predicted octanol–water partition coefficient (Wildman–Crippen LogP) is -1.86. The highest BCUT2D eigenvalue weighted by Gasteiger charge is 2.35. The fraction of sp³-hybridized carbons (Fsp3) is 1.00. The van der Waals surface area contributed by atoms with E-state index in [-0.39, 0.29) is 13.2 Å². The average molecular weight is 210 g/mol. The van der Waals surface area contributed by atoms with Crippen LogP contribution >= 0.6 is 0 Å². The van der Waals surface area contributed by atoms with E-state index < -0.39 is 22.4 Å². The van der Waals surface area contributed by atoms with Gasteiger partial charge in [0, 0.05) is 14.1 Å². The number of rotatable bonds is 3. The van der Waals surface area contributed by atoms with Crippen molar-refractivity contribution in [3.63, 3.8) is 0 Å². The van der Waals surface area contributed by atoms with Crippen molar-refractivity contribution in [3.05, 3.63) is 0 Å². The van der Waals surface area contributed by atoms with Crippen LogP contribution in [0.5, 0.6) is 0 Å². The van der Waals surface area contributed by atoms with Gasteiger partial charge in [-0.05, 0) is 0 Å². The van der Waals surface area contributed by atoms with Crippen molar-refractivity contribution in [2.24, 2.45) is 0 Å². The first-order valence-electron chi connectivity index (χ1n) is 3.91. The van der Waals surface area contributed by atoms with Crippen molar-refractivity contribution >= 4 is 10.2 Å². The first-order valence-corrected chi connectivity index (χ1v) is 5.35. The molecule has 0 amide bonds. The Morgan fingerprint density at radius 2 is 2.15 bits per heavy atom. The van der Waals surface area contributed by atoms with E-state index in [0.29, 0.717) is 0 Å². The number of likely N-dealkylation sites (N-methyl/N-ethyl adjacent to an activating group) is 1. The van der Waals surface area contributed by atoms with Crippen LogP contribution in [0.1, 0.15) is 0 Å². The molecule has 0 aromatic carbocycles. The lowest BCUT2D eigenvalue weighted by Gasteiger charge is -2.23. The van der Waals surface area contributed by atoms with E-state index in [1.165, 1.54) is 14.1 Å². The minimum absolute atomic E-state index is 0.189. The molecular weight excluding hydrogens is 196 g/mol. The van der Waals surface area contributed by atoms with Crippen molar-refractivity contribution < 1.29 is 18.3 Å². The molecule has 1 rings (SSSR count). The third-order valence-electron chi connectivity index (χ3n) is 2.13. The second-order valence-corrected chi connectivity index (χ2v) is 4.83. The molecule has 13 heavy (non-hydrogen) atoms. The Labute approximate surface area is 77.7 Å². The van der Waals surface area contributed by atoms with Crippen molar-refractivity contribution in [1.82, 2.24) is 9.03 Å². The van der Waals surface area contributed by atoms with Crippen molar-refractivity contribution in [1.29, 1.82) is 0 Å². The summed E-state index contributed by atoms with van der Waals surface area (Å²) in [4.78, 5) is 0. The largest absolute Gasteiger partial charge is 0.389 e. The van der Waals surface area contributed by atoms with Gasteiger partial charge in [-0.2, -0.15) is 12.7 Å². The monoisotopic (exact) mass is 210 g/mol. The number of ether oxygens (including phenoxy) is 1. The quantitative estimate of drug-likeness (QED) is 0.572. The van der Waals surface area contributed by atoms with Crippen LogP contribution in [0.4, 0.5) is 0 Å². The maximum atomic E-state index is 11.3. The molecule has 6 nitrogen and oxygen atoms in total. The maximum Gasteiger partial charge on any atom is 0.279 e. The Morgan fingerprint density at radius 1 is 1.54 bits per heavy atom. The van der Waals surface area contributed by atoms with Gasteiger partial charge in [-0.15, -0.1) is 0 Å². The maximum absolute atomic E-state index is 11.3. The lowest BCUT2D eigenvalue weighted by atomic mass is 10.2. The van der Waals surface area contributed by atoms with Gasteiger partial charge < -0.3 is 9.84 Å². The molecule has 1 aliphatic heterocycles. The zero-order valence-corrected chi connectivity index (χ0v) is 8.41. The number of aliphatic hydroxyl groups is 1. The fourth-order valence-electron chi connectivity index (χ4n) is 1.20. The highest BCUT2D eigenvalue weighted by molar-refractivity contribution is 7.87. The molecule has 2 N–H and O–H groups in total. The highest BCUT2D eigenvalue weighted by atomic mass is 32.2. The predicted molar refractivity (Wildman–Crippen MR) is 46.4 cm³/mol. The van der Waals surface area contributed by atoms with Gasteiger partial charge in [0.05, 0.1) is 25.4 Å². The van der Waals surface area contributed by atoms with Crippen LogP contribution in [0.25, 0.3) is 0 Å². The molecule has 1 aliphatic rings. The van der Waals surface area contributed by atoms with Crippen LogP contribution in [0.3, 0.4) is 0 Å². The molecule has 2 atom stereocenters. The van der Waals surface area contributed by atoms with Gasteiger partial charge in [0.2, 0.25) is 0 Å². The summed E-state index contributed by atoms with van der Waals surface area (Å²) in [6.45, 7) is 0.423. The summed E-state index contributed by atoms with van der Waals surface area (Å²) in [5.74, 6) is 0. The van der Waals surface area contributed by atoms with Crippen molar-refractivity contribution in [2.75, 3.05) is 27.3 Å². The van der Waals surface area contributed by atoms with Crippen LogP contribution in [0, 0.1) is 0 Å². The SMILES string of the molecule is CNS(=O)(=O)N(C)[C@@H]1COC[C@H]1O. The summed E-state index contributed by atoms with van der Waals surface area (Å²) in [5.41, 5.74) is 0. The van der Waals surface area contributed by atoms with Crippen LogP contribution in [-0.4, -0.2) is 57.3 Å². The van der Waals surface area contributed by atoms with Gasteiger partial charge in [-0.25, -0.2) is 4.72 Å². The summed E-state index contributed by atoms with van der Waals surface area (Å²) in [5, 5.41) is 9.36. The Hall–Kier alpha value is -0.210. The molecule has 1 heterocycles. The van der Waals surface area contributed by atoms with Crippen LogP contribution in [0.2, 0.25) is 0 Å². The van der Waals surface area contributed by atoms with Gasteiger partial charge in [0.25, 0.3) is 10.2 Å². The molecule has 1 fully saturated rings. The molecule has 0 bridgehead atoms. The van der Waals surface area contributed by atoms with E-state index in [0.717, 1.165) is 4.31 Å². The number of hydrogen-bond acceptors (Lipinski definition) is 4. The summed E-state index contributed by atoms with van der Waals surface area (Å²) in [7, 11) is -0.733. The van der Waals surface area contributed by atoms with E-state index in [1.54, 1.807) is 0 Å². The summed E-state index contributed by atoms with van der Waals surface area (Å²) in [6.07, 6.45) is -0.742. The first kappa shape index (κ1) is 10.9. The third kappa shape index (κ3) is 2.18. The summed E-state index contributed by atoms with van der Waals surface area (Å²) >= 11 is 0. The van der Waals surface area contributed by atoms with Crippen LogP contribution < -0.4 is 4.72 Å². The molecule has 7 heteroatoms. The molecule has 0 aromatic rings. The molecule has 1 saturated heterocycles. The average Bonchev–Trinajstić information content (AvgIpc) is 2.50. The standard InChI is InChI=1S/C6H14N2O4S/c1-7-13(10,11)8(2)5-3-12-4-6(5)9/h5-7,9H,3-4H2,1-2H3/t5-,6-/m1/s1. The Kier molecular flexibility index (Phi) is 3.25. The zero-order valence-electron chi connectivity index (χ0n) is 7.60. The highest BCUT2D eigenvalue weighted by Crippen LogP contribution is 2.13. The zero-order chi connectivity index (χ0) is 10.1. The molecule has 78 valence electrons. The van der Waals surface area contributed by atoms with E-state index in [1.807, 2.05) is 0 Å². The van der Waals surface area contributed by atoms with Crippen LogP contribution in [-0.2, 0) is 14.9 Å². The molecule has 0 radical (unpaired) electrons. The lowest BCUT2D eigenvalue weighted by molar-refractivity contribution is 0.115. The van der Waals surface area contributed by atoms with Crippen LogP contribution in [0.15, 0.2) is 0 Å².